The molecule has 6 heteroatoms. The van der Waals surface area contributed by atoms with E-state index in [-0.39, 0.29) is 18.2 Å². The monoisotopic (exact) mass is 264 g/mol. The van der Waals surface area contributed by atoms with E-state index in [0.717, 1.165) is 5.69 Å². The van der Waals surface area contributed by atoms with Crippen LogP contribution in [-0.2, 0) is 14.4 Å². The maximum absolute atomic E-state index is 12.0. The summed E-state index contributed by atoms with van der Waals surface area (Å²) < 4.78 is 5.13. The normalized spacial score (nSPS) is 18.5. The van der Waals surface area contributed by atoms with Crippen molar-refractivity contribution in [2.24, 2.45) is 5.92 Å². The molecule has 1 aliphatic rings. The van der Waals surface area contributed by atoms with Crippen LogP contribution in [0.2, 0.25) is 0 Å². The molecule has 0 aromatic heterocycles. The van der Waals surface area contributed by atoms with Gasteiger partial charge < -0.3 is 9.64 Å². The third-order valence-electron chi connectivity index (χ3n) is 3.06. The fourth-order valence-corrected chi connectivity index (χ4v) is 2.10. The van der Waals surface area contributed by atoms with E-state index in [1.807, 2.05) is 12.1 Å². The van der Waals surface area contributed by atoms with Crippen LogP contribution in [0.5, 0.6) is 5.75 Å². The number of carbonyl (C=O) groups is 2. The molecule has 0 unspecified atom stereocenters. The Morgan fingerprint density at radius 1 is 1.42 bits per heavy atom. The van der Waals surface area contributed by atoms with Gasteiger partial charge in [0.2, 0.25) is 11.8 Å². The molecule has 1 atom stereocenters. The summed E-state index contributed by atoms with van der Waals surface area (Å²) in [5.74, 6) is -0.0699. The number of rotatable bonds is 4. The highest BCUT2D eigenvalue weighted by atomic mass is 16.6. The smallest absolute Gasteiger partial charge is 0.248 e. The van der Waals surface area contributed by atoms with E-state index in [4.69, 9.17) is 4.74 Å². The molecular weight excluding hydrogens is 248 g/mol. The molecule has 2 amide bonds. The Labute approximate surface area is 111 Å². The van der Waals surface area contributed by atoms with Crippen molar-refractivity contribution in [1.82, 2.24) is 5.48 Å². The number of hydrogen-bond acceptors (Lipinski definition) is 4. The maximum Gasteiger partial charge on any atom is 0.248 e. The van der Waals surface area contributed by atoms with E-state index in [9.17, 15) is 9.59 Å². The number of nitrogens with zero attached hydrogens (tertiary/aromatic N) is 1. The summed E-state index contributed by atoms with van der Waals surface area (Å²) in [6.07, 6.45) is 0.187. The van der Waals surface area contributed by atoms with Crippen LogP contribution in [0.1, 0.15) is 6.42 Å². The Hall–Kier alpha value is -2.08. The van der Waals surface area contributed by atoms with Gasteiger partial charge in [-0.3, -0.25) is 14.4 Å². The quantitative estimate of drug-likeness (QED) is 0.814. The number of carbonyl (C=O) groups excluding carboxylic acids is 2. The number of anilines is 1. The van der Waals surface area contributed by atoms with Gasteiger partial charge in [0, 0.05) is 24.7 Å². The highest BCUT2D eigenvalue weighted by Gasteiger charge is 2.35. The van der Waals surface area contributed by atoms with Gasteiger partial charge in [0.25, 0.3) is 0 Å². The lowest BCUT2D eigenvalue weighted by atomic mass is 10.1. The molecule has 1 aromatic rings. The number of amides is 2. The van der Waals surface area contributed by atoms with Crippen LogP contribution in [0.3, 0.4) is 0 Å². The molecule has 0 radical (unpaired) electrons. The lowest BCUT2D eigenvalue weighted by molar-refractivity contribution is -0.135. The van der Waals surface area contributed by atoms with Crippen molar-refractivity contribution < 1.29 is 19.2 Å². The molecule has 6 nitrogen and oxygen atoms in total. The molecule has 0 aliphatic carbocycles. The van der Waals surface area contributed by atoms with Crippen molar-refractivity contribution in [3.63, 3.8) is 0 Å². The first kappa shape index (κ1) is 13.4. The van der Waals surface area contributed by atoms with Crippen LogP contribution in [-0.4, -0.2) is 32.6 Å². The van der Waals surface area contributed by atoms with E-state index in [2.05, 4.69) is 10.3 Å². The van der Waals surface area contributed by atoms with Gasteiger partial charge in [-0.15, -0.1) is 0 Å². The largest absolute Gasteiger partial charge is 0.497 e. The van der Waals surface area contributed by atoms with E-state index in [1.54, 1.807) is 24.1 Å². The lowest BCUT2D eigenvalue weighted by Crippen LogP contribution is -2.32. The zero-order valence-electron chi connectivity index (χ0n) is 10.9. The van der Waals surface area contributed by atoms with Crippen LogP contribution in [0.25, 0.3) is 0 Å². The summed E-state index contributed by atoms with van der Waals surface area (Å²) >= 11 is 0. The summed E-state index contributed by atoms with van der Waals surface area (Å²) in [5, 5.41) is 0. The van der Waals surface area contributed by atoms with Crippen LogP contribution < -0.4 is 15.1 Å². The molecule has 0 saturated carbocycles. The minimum atomic E-state index is -0.390. The van der Waals surface area contributed by atoms with Gasteiger partial charge in [-0.05, 0) is 12.1 Å². The van der Waals surface area contributed by atoms with Crippen molar-refractivity contribution in [2.75, 3.05) is 25.7 Å². The average Bonchev–Trinajstić information content (AvgIpc) is 2.81. The second-order valence-electron chi connectivity index (χ2n) is 4.28. The van der Waals surface area contributed by atoms with E-state index >= 15 is 0 Å². The maximum atomic E-state index is 12.0. The molecule has 0 bridgehead atoms. The van der Waals surface area contributed by atoms with Crippen molar-refractivity contribution in [3.8, 4) is 5.75 Å². The Kier molecular flexibility index (Phi) is 4.01. The van der Waals surface area contributed by atoms with Crippen molar-refractivity contribution in [2.45, 2.75) is 6.42 Å². The number of hydrogen-bond donors (Lipinski definition) is 1. The molecule has 1 aliphatic heterocycles. The molecule has 1 heterocycles. The summed E-state index contributed by atoms with van der Waals surface area (Å²) in [6.45, 7) is 0.348. The second-order valence-corrected chi connectivity index (χ2v) is 4.28. The highest BCUT2D eigenvalue weighted by Crippen LogP contribution is 2.27. The van der Waals surface area contributed by atoms with Gasteiger partial charge in [-0.1, -0.05) is 6.07 Å². The van der Waals surface area contributed by atoms with Crippen LogP contribution in [0, 0.1) is 5.92 Å². The van der Waals surface area contributed by atoms with Gasteiger partial charge in [0.05, 0.1) is 20.1 Å². The molecule has 1 fully saturated rings. The molecule has 1 N–H and O–H groups in total. The first-order valence-corrected chi connectivity index (χ1v) is 5.93. The Bertz CT molecular complexity index is 489. The number of hydroxylamine groups is 1. The molecule has 2 rings (SSSR count). The van der Waals surface area contributed by atoms with Crippen molar-refractivity contribution in [3.05, 3.63) is 24.3 Å². The van der Waals surface area contributed by atoms with Crippen LogP contribution >= 0.6 is 0 Å². The Morgan fingerprint density at radius 2 is 2.21 bits per heavy atom. The van der Waals surface area contributed by atoms with Crippen molar-refractivity contribution >= 4 is 17.5 Å². The van der Waals surface area contributed by atoms with E-state index < -0.39 is 5.92 Å². The Balaban J connectivity index is 2.13. The lowest BCUT2D eigenvalue weighted by Gasteiger charge is -2.17. The summed E-state index contributed by atoms with van der Waals surface area (Å²) in [7, 11) is 2.94. The standard InChI is InChI=1S/C13H16N2O4/c1-18-11-5-3-4-10(7-11)15-8-9(6-12(15)16)13(17)14-19-2/h3-5,7,9H,6,8H2,1-2H3,(H,14,17)/t9-/m1/s1. The first-order valence-electron chi connectivity index (χ1n) is 5.93. The highest BCUT2D eigenvalue weighted by molar-refractivity contribution is 6.00. The molecule has 102 valence electrons. The van der Waals surface area contributed by atoms with Crippen molar-refractivity contribution in [1.29, 1.82) is 0 Å². The summed E-state index contributed by atoms with van der Waals surface area (Å²) in [6, 6.07) is 7.20. The minimum Gasteiger partial charge on any atom is -0.497 e. The number of benzene rings is 1. The predicted octanol–water partition coefficient (Wildman–Crippen LogP) is 0.726. The van der Waals surface area contributed by atoms with Gasteiger partial charge in [-0.25, -0.2) is 5.48 Å². The second kappa shape index (κ2) is 5.71. The number of nitrogens with one attached hydrogen (secondary N) is 1. The fourth-order valence-electron chi connectivity index (χ4n) is 2.10. The summed E-state index contributed by atoms with van der Waals surface area (Å²) in [5.41, 5.74) is 2.99. The average molecular weight is 264 g/mol. The van der Waals surface area contributed by atoms with Gasteiger partial charge >= 0.3 is 0 Å². The third-order valence-corrected chi connectivity index (χ3v) is 3.06. The predicted molar refractivity (Wildman–Crippen MR) is 68.6 cm³/mol. The summed E-state index contributed by atoms with van der Waals surface area (Å²) in [4.78, 5) is 29.8. The SMILES string of the molecule is CONC(=O)[C@@H]1CC(=O)N(c2cccc(OC)c2)C1. The van der Waals surface area contributed by atoms with E-state index in [0.29, 0.717) is 12.3 Å². The van der Waals surface area contributed by atoms with Crippen LogP contribution in [0.4, 0.5) is 5.69 Å². The zero-order chi connectivity index (χ0) is 13.8. The van der Waals surface area contributed by atoms with Crippen LogP contribution in [0.15, 0.2) is 24.3 Å². The van der Waals surface area contributed by atoms with Gasteiger partial charge in [0.15, 0.2) is 0 Å². The van der Waals surface area contributed by atoms with Gasteiger partial charge in [-0.2, -0.15) is 0 Å². The fraction of sp³-hybridized carbons (Fsp3) is 0.385. The third kappa shape index (κ3) is 2.85. The molecule has 1 saturated heterocycles. The molecule has 19 heavy (non-hydrogen) atoms. The van der Waals surface area contributed by atoms with E-state index in [1.165, 1.54) is 7.11 Å². The minimum absolute atomic E-state index is 0.0792. The van der Waals surface area contributed by atoms with Gasteiger partial charge in [0.1, 0.15) is 5.75 Å². The topological polar surface area (TPSA) is 67.9 Å². The number of ether oxygens (including phenoxy) is 1. The Morgan fingerprint density at radius 3 is 2.89 bits per heavy atom. The molecule has 0 spiro atoms. The number of methoxy groups -OCH3 is 1. The first-order chi connectivity index (χ1) is 9.15. The molecular formula is C13H16N2O4. The zero-order valence-corrected chi connectivity index (χ0v) is 10.9. The molecule has 1 aromatic carbocycles.